The summed E-state index contributed by atoms with van der Waals surface area (Å²) in [6.45, 7) is 4.19. The van der Waals surface area contributed by atoms with Crippen molar-refractivity contribution in [2.45, 2.75) is 74.0 Å². The molecule has 1 heterocycles. The molecular formula is C15H24N4OS2. The predicted octanol–water partition coefficient (Wildman–Crippen LogP) is 3.29. The van der Waals surface area contributed by atoms with Crippen LogP contribution in [0.1, 0.15) is 52.4 Å². The molecule has 0 saturated heterocycles. The van der Waals surface area contributed by atoms with E-state index in [4.69, 9.17) is 0 Å². The van der Waals surface area contributed by atoms with Crippen LogP contribution >= 0.6 is 23.1 Å². The van der Waals surface area contributed by atoms with Crippen LogP contribution in [0.5, 0.6) is 0 Å². The molecule has 5 nitrogen and oxygen atoms in total. The number of amides is 1. The standard InChI is InChI=1S/C15H24N4OS2/c1-9-5-3-4-6-12(9)17-13(20)10(2)21-15-19-18-14(22-15)16-11-7-8-11/h9-12H,3-8H2,1-2H3,(H,16,18)(H,17,20). The van der Waals surface area contributed by atoms with Crippen molar-refractivity contribution in [2.75, 3.05) is 5.32 Å². The summed E-state index contributed by atoms with van der Waals surface area (Å²) in [4.78, 5) is 12.4. The van der Waals surface area contributed by atoms with Crippen LogP contribution in [0.3, 0.4) is 0 Å². The molecule has 7 heteroatoms. The number of aromatic nitrogens is 2. The minimum absolute atomic E-state index is 0.121. The summed E-state index contributed by atoms with van der Waals surface area (Å²) in [5.41, 5.74) is 0. The lowest BCUT2D eigenvalue weighted by atomic mass is 9.86. The number of hydrogen-bond acceptors (Lipinski definition) is 6. The van der Waals surface area contributed by atoms with Gasteiger partial charge in [0.2, 0.25) is 11.0 Å². The Balaban J connectivity index is 1.48. The molecule has 2 fully saturated rings. The summed E-state index contributed by atoms with van der Waals surface area (Å²) < 4.78 is 0.863. The molecule has 2 aliphatic rings. The molecular weight excluding hydrogens is 316 g/mol. The number of carbonyl (C=O) groups is 1. The summed E-state index contributed by atoms with van der Waals surface area (Å²) >= 11 is 3.05. The zero-order valence-electron chi connectivity index (χ0n) is 13.2. The van der Waals surface area contributed by atoms with Crippen molar-refractivity contribution in [1.82, 2.24) is 15.5 Å². The van der Waals surface area contributed by atoms with Crippen molar-refractivity contribution in [3.8, 4) is 0 Å². The molecule has 1 aromatic rings. The highest BCUT2D eigenvalue weighted by molar-refractivity contribution is 8.02. The van der Waals surface area contributed by atoms with Crippen molar-refractivity contribution in [1.29, 1.82) is 0 Å². The zero-order chi connectivity index (χ0) is 15.5. The van der Waals surface area contributed by atoms with Crippen LogP contribution < -0.4 is 10.6 Å². The van der Waals surface area contributed by atoms with Gasteiger partial charge in [0.25, 0.3) is 0 Å². The number of nitrogens with one attached hydrogen (secondary N) is 2. The Kier molecular flexibility index (Phi) is 5.23. The average Bonchev–Trinajstić information content (AvgIpc) is 3.20. The Morgan fingerprint density at radius 2 is 2.05 bits per heavy atom. The van der Waals surface area contributed by atoms with Gasteiger partial charge < -0.3 is 10.6 Å². The van der Waals surface area contributed by atoms with E-state index in [-0.39, 0.29) is 11.2 Å². The highest BCUT2D eigenvalue weighted by atomic mass is 32.2. The largest absolute Gasteiger partial charge is 0.357 e. The monoisotopic (exact) mass is 340 g/mol. The van der Waals surface area contributed by atoms with Gasteiger partial charge in [0.15, 0.2) is 4.34 Å². The fraction of sp³-hybridized carbons (Fsp3) is 0.800. The first-order valence-corrected chi connectivity index (χ1v) is 9.88. The van der Waals surface area contributed by atoms with Gasteiger partial charge in [-0.25, -0.2) is 0 Å². The van der Waals surface area contributed by atoms with Gasteiger partial charge in [-0.3, -0.25) is 4.79 Å². The Morgan fingerprint density at radius 3 is 2.77 bits per heavy atom. The molecule has 3 unspecified atom stereocenters. The maximum atomic E-state index is 12.4. The summed E-state index contributed by atoms with van der Waals surface area (Å²) in [6.07, 6.45) is 7.29. The van der Waals surface area contributed by atoms with Gasteiger partial charge in [0, 0.05) is 12.1 Å². The molecule has 0 aromatic carbocycles. The minimum atomic E-state index is -0.129. The third kappa shape index (κ3) is 4.35. The second-order valence-electron chi connectivity index (χ2n) is 6.43. The van der Waals surface area contributed by atoms with Crippen LogP contribution in [0.4, 0.5) is 5.13 Å². The molecule has 0 bridgehead atoms. The fourth-order valence-corrected chi connectivity index (χ4v) is 4.74. The van der Waals surface area contributed by atoms with Crippen LogP contribution in [0, 0.1) is 5.92 Å². The zero-order valence-corrected chi connectivity index (χ0v) is 14.8. The topological polar surface area (TPSA) is 66.9 Å². The number of thioether (sulfide) groups is 1. The molecule has 1 aromatic heterocycles. The number of nitrogens with zero attached hydrogens (tertiary/aromatic N) is 2. The summed E-state index contributed by atoms with van der Waals surface area (Å²) in [6, 6.07) is 0.921. The van der Waals surface area contributed by atoms with Gasteiger partial charge in [-0.1, -0.05) is 42.9 Å². The Hall–Kier alpha value is -0.820. The van der Waals surface area contributed by atoms with E-state index in [1.54, 1.807) is 11.3 Å². The van der Waals surface area contributed by atoms with E-state index in [2.05, 4.69) is 27.8 Å². The maximum absolute atomic E-state index is 12.4. The molecule has 122 valence electrons. The van der Waals surface area contributed by atoms with Gasteiger partial charge in [-0.15, -0.1) is 10.2 Å². The smallest absolute Gasteiger partial charge is 0.233 e. The van der Waals surface area contributed by atoms with E-state index in [1.165, 1.54) is 43.9 Å². The molecule has 0 spiro atoms. The van der Waals surface area contributed by atoms with Crippen molar-refractivity contribution in [3.63, 3.8) is 0 Å². The molecule has 3 atom stereocenters. The molecule has 2 N–H and O–H groups in total. The normalized spacial score (nSPS) is 26.5. The van der Waals surface area contributed by atoms with E-state index in [1.807, 2.05) is 6.92 Å². The van der Waals surface area contributed by atoms with Crippen LogP contribution in [-0.2, 0) is 4.79 Å². The van der Waals surface area contributed by atoms with E-state index in [0.29, 0.717) is 18.0 Å². The summed E-state index contributed by atoms with van der Waals surface area (Å²) in [5, 5.41) is 15.6. The first kappa shape index (κ1) is 16.1. The molecule has 2 aliphatic carbocycles. The number of rotatable bonds is 6. The second-order valence-corrected chi connectivity index (χ2v) is 8.99. The fourth-order valence-electron chi connectivity index (χ4n) is 2.75. The Labute approximate surface area is 140 Å². The second kappa shape index (κ2) is 7.17. The highest BCUT2D eigenvalue weighted by Crippen LogP contribution is 2.32. The van der Waals surface area contributed by atoms with Crippen LogP contribution in [0.15, 0.2) is 4.34 Å². The van der Waals surface area contributed by atoms with Crippen molar-refractivity contribution in [2.24, 2.45) is 5.92 Å². The molecule has 0 aliphatic heterocycles. The number of carbonyl (C=O) groups excluding carboxylic acids is 1. The SMILES string of the molecule is CC(Sc1nnc(NC2CC2)s1)C(=O)NC1CCCCC1C. The quantitative estimate of drug-likeness (QED) is 0.778. The van der Waals surface area contributed by atoms with E-state index in [9.17, 15) is 4.79 Å². The van der Waals surface area contributed by atoms with Crippen LogP contribution in [-0.4, -0.2) is 33.4 Å². The molecule has 3 rings (SSSR count). The average molecular weight is 341 g/mol. The first-order valence-electron chi connectivity index (χ1n) is 8.19. The number of hydrogen-bond donors (Lipinski definition) is 2. The lowest BCUT2D eigenvalue weighted by Crippen LogP contribution is -2.44. The Bertz CT molecular complexity index is 517. The molecule has 22 heavy (non-hydrogen) atoms. The third-order valence-electron chi connectivity index (χ3n) is 4.40. The van der Waals surface area contributed by atoms with E-state index < -0.39 is 0 Å². The van der Waals surface area contributed by atoms with Gasteiger partial charge in [0.1, 0.15) is 0 Å². The van der Waals surface area contributed by atoms with Gasteiger partial charge in [-0.05, 0) is 38.5 Å². The van der Waals surface area contributed by atoms with Crippen LogP contribution in [0.2, 0.25) is 0 Å². The minimum Gasteiger partial charge on any atom is -0.357 e. The van der Waals surface area contributed by atoms with Gasteiger partial charge in [-0.2, -0.15) is 0 Å². The van der Waals surface area contributed by atoms with Crippen molar-refractivity contribution < 1.29 is 4.79 Å². The summed E-state index contributed by atoms with van der Waals surface area (Å²) in [7, 11) is 0. The lowest BCUT2D eigenvalue weighted by Gasteiger charge is -2.30. The first-order chi connectivity index (χ1) is 10.6. The van der Waals surface area contributed by atoms with Gasteiger partial charge >= 0.3 is 0 Å². The third-order valence-corrected chi connectivity index (χ3v) is 6.44. The Morgan fingerprint density at radius 1 is 1.27 bits per heavy atom. The lowest BCUT2D eigenvalue weighted by molar-refractivity contribution is -0.121. The van der Waals surface area contributed by atoms with Gasteiger partial charge in [0.05, 0.1) is 5.25 Å². The molecule has 0 radical (unpaired) electrons. The highest BCUT2D eigenvalue weighted by Gasteiger charge is 2.26. The summed E-state index contributed by atoms with van der Waals surface area (Å²) in [5.74, 6) is 0.710. The molecule has 1 amide bonds. The van der Waals surface area contributed by atoms with E-state index >= 15 is 0 Å². The van der Waals surface area contributed by atoms with Crippen LogP contribution in [0.25, 0.3) is 0 Å². The predicted molar refractivity (Wildman–Crippen MR) is 91.4 cm³/mol. The van der Waals surface area contributed by atoms with E-state index in [0.717, 1.165) is 15.9 Å². The van der Waals surface area contributed by atoms with Crippen molar-refractivity contribution >= 4 is 34.1 Å². The number of anilines is 1. The maximum Gasteiger partial charge on any atom is 0.233 e. The van der Waals surface area contributed by atoms with Crippen molar-refractivity contribution in [3.05, 3.63) is 0 Å². The molecule has 2 saturated carbocycles.